The van der Waals surface area contributed by atoms with Gasteiger partial charge in [-0.1, -0.05) is 0 Å². The zero-order chi connectivity index (χ0) is 8.18. The van der Waals surface area contributed by atoms with E-state index in [-0.39, 0.29) is 5.41 Å². The van der Waals surface area contributed by atoms with Gasteiger partial charge >= 0.3 is 0 Å². The van der Waals surface area contributed by atoms with Crippen LogP contribution in [0.2, 0.25) is 0 Å². The lowest BCUT2D eigenvalue weighted by Crippen LogP contribution is -2.45. The molecule has 62 valence electrons. The van der Waals surface area contributed by atoms with Crippen LogP contribution in [0.4, 0.5) is 0 Å². The fraction of sp³-hybridized carbons (Fsp3) is 0.818. The molecule has 4 aliphatic rings. The summed E-state index contributed by atoms with van der Waals surface area (Å²) in [5.41, 5.74) is 0.0226. The van der Waals surface area contributed by atoms with E-state index in [2.05, 4.69) is 12.5 Å². The van der Waals surface area contributed by atoms with Gasteiger partial charge in [-0.3, -0.25) is 0 Å². The fourth-order valence-electron chi connectivity index (χ4n) is 3.92. The van der Waals surface area contributed by atoms with Crippen LogP contribution in [0.5, 0.6) is 0 Å². The van der Waals surface area contributed by atoms with Crippen molar-refractivity contribution in [2.45, 2.75) is 32.1 Å². The van der Waals surface area contributed by atoms with Crippen molar-refractivity contribution in [3.8, 4) is 6.07 Å². The van der Waals surface area contributed by atoms with Crippen molar-refractivity contribution in [3.63, 3.8) is 0 Å². The highest BCUT2D eigenvalue weighted by Gasteiger charge is 2.58. The number of hydrogen-bond acceptors (Lipinski definition) is 1. The SMILES string of the molecule is N#CC12[CH+]C3C[C@H](C[C@H](C3)C1)C2. The monoisotopic (exact) mass is 160 g/mol. The summed E-state index contributed by atoms with van der Waals surface area (Å²) in [6.07, 6.45) is 8.93. The van der Waals surface area contributed by atoms with Gasteiger partial charge in [0.15, 0.2) is 5.41 Å². The molecule has 0 amide bonds. The Kier molecular flexibility index (Phi) is 1.13. The van der Waals surface area contributed by atoms with Crippen LogP contribution in [-0.2, 0) is 0 Å². The van der Waals surface area contributed by atoms with Gasteiger partial charge in [0.05, 0.1) is 6.42 Å². The van der Waals surface area contributed by atoms with Gasteiger partial charge in [-0.25, -0.2) is 0 Å². The highest BCUT2D eigenvalue weighted by molar-refractivity contribution is 5.19. The smallest absolute Gasteiger partial charge is 0.193 e. The molecule has 4 atom stereocenters. The van der Waals surface area contributed by atoms with Gasteiger partial charge in [0.1, 0.15) is 12.0 Å². The molecule has 0 N–H and O–H groups in total. The minimum absolute atomic E-state index is 0.0226. The predicted octanol–water partition coefficient (Wildman–Crippen LogP) is 2.54. The molecular formula is C11H14N+. The van der Waals surface area contributed by atoms with E-state index in [1.807, 2.05) is 0 Å². The highest BCUT2D eigenvalue weighted by Crippen LogP contribution is 2.58. The van der Waals surface area contributed by atoms with E-state index < -0.39 is 0 Å². The topological polar surface area (TPSA) is 23.8 Å². The Morgan fingerprint density at radius 1 is 1.17 bits per heavy atom. The van der Waals surface area contributed by atoms with Crippen molar-refractivity contribution in [1.82, 2.24) is 0 Å². The van der Waals surface area contributed by atoms with Gasteiger partial charge in [0.2, 0.25) is 0 Å². The number of nitrogens with zero attached hydrogens (tertiary/aromatic N) is 1. The van der Waals surface area contributed by atoms with Crippen molar-refractivity contribution in [2.75, 3.05) is 0 Å². The van der Waals surface area contributed by atoms with Crippen LogP contribution in [0.25, 0.3) is 0 Å². The third kappa shape index (κ3) is 0.759. The Balaban J connectivity index is 1.97. The molecule has 0 aliphatic heterocycles. The Labute approximate surface area is 73.8 Å². The summed E-state index contributed by atoms with van der Waals surface area (Å²) < 4.78 is 0. The van der Waals surface area contributed by atoms with E-state index in [9.17, 15) is 0 Å². The Bertz CT molecular complexity index is 213. The molecule has 2 unspecified atom stereocenters. The Morgan fingerprint density at radius 2 is 1.83 bits per heavy atom. The van der Waals surface area contributed by atoms with Crippen molar-refractivity contribution < 1.29 is 0 Å². The summed E-state index contributed by atoms with van der Waals surface area (Å²) in [6, 6.07) is 2.55. The van der Waals surface area contributed by atoms with E-state index in [1.54, 1.807) is 0 Å². The van der Waals surface area contributed by atoms with Gasteiger partial charge in [-0.05, 0) is 31.1 Å². The second kappa shape index (κ2) is 1.99. The zero-order valence-corrected chi connectivity index (χ0v) is 7.29. The third-order valence-electron chi connectivity index (χ3n) is 4.02. The molecule has 0 aromatic heterocycles. The molecule has 4 bridgehead atoms. The standard InChI is InChI=1S/C11H14N/c12-7-11-4-8-1-9(5-11)3-10(2-8)6-11/h4,8-10H,1-3,5-6H2/q+1/t8?,9-,10+,11?. The zero-order valence-electron chi connectivity index (χ0n) is 7.29. The Hall–Kier alpha value is -0.640. The van der Waals surface area contributed by atoms with E-state index in [0.29, 0.717) is 0 Å². The third-order valence-corrected chi connectivity index (χ3v) is 4.02. The molecule has 0 radical (unpaired) electrons. The van der Waals surface area contributed by atoms with Crippen LogP contribution in [0, 0.1) is 40.9 Å². The summed E-state index contributed by atoms with van der Waals surface area (Å²) in [7, 11) is 0. The van der Waals surface area contributed by atoms with Crippen molar-refractivity contribution in [2.24, 2.45) is 23.2 Å². The van der Waals surface area contributed by atoms with Gasteiger partial charge in [-0.15, -0.1) is 0 Å². The summed E-state index contributed by atoms with van der Waals surface area (Å²) in [6.45, 7) is 0. The van der Waals surface area contributed by atoms with E-state index in [4.69, 9.17) is 5.26 Å². The molecule has 0 aromatic rings. The summed E-state index contributed by atoms with van der Waals surface area (Å²) in [5, 5.41) is 9.15. The Morgan fingerprint density at radius 3 is 2.33 bits per heavy atom. The maximum Gasteiger partial charge on any atom is 0.193 e. The van der Waals surface area contributed by atoms with Crippen LogP contribution in [0.3, 0.4) is 0 Å². The molecule has 4 fully saturated rings. The molecule has 0 saturated heterocycles. The molecule has 12 heavy (non-hydrogen) atoms. The molecule has 0 aromatic carbocycles. The minimum atomic E-state index is 0.0226. The fourth-order valence-corrected chi connectivity index (χ4v) is 3.92. The molecule has 1 nitrogen and oxygen atoms in total. The summed E-state index contributed by atoms with van der Waals surface area (Å²) in [4.78, 5) is 0. The van der Waals surface area contributed by atoms with Gasteiger partial charge in [0, 0.05) is 12.8 Å². The van der Waals surface area contributed by atoms with E-state index in [0.717, 1.165) is 17.8 Å². The first-order valence-corrected chi connectivity index (χ1v) is 5.07. The van der Waals surface area contributed by atoms with Gasteiger partial charge < -0.3 is 0 Å². The second-order valence-electron chi connectivity index (χ2n) is 5.04. The van der Waals surface area contributed by atoms with Crippen molar-refractivity contribution in [3.05, 3.63) is 6.42 Å². The van der Waals surface area contributed by atoms with Crippen molar-refractivity contribution in [1.29, 1.82) is 5.26 Å². The summed E-state index contributed by atoms with van der Waals surface area (Å²) >= 11 is 0. The van der Waals surface area contributed by atoms with Crippen LogP contribution in [-0.4, -0.2) is 0 Å². The molecule has 4 saturated carbocycles. The second-order valence-corrected chi connectivity index (χ2v) is 5.04. The highest BCUT2D eigenvalue weighted by atomic mass is 14.6. The van der Waals surface area contributed by atoms with Crippen LogP contribution in [0.1, 0.15) is 32.1 Å². The van der Waals surface area contributed by atoms with Crippen LogP contribution in [0.15, 0.2) is 0 Å². The van der Waals surface area contributed by atoms with Crippen LogP contribution >= 0.6 is 0 Å². The normalized spacial score (nSPS) is 54.8. The first-order valence-electron chi connectivity index (χ1n) is 5.07. The first kappa shape index (κ1) is 6.83. The van der Waals surface area contributed by atoms with Crippen molar-refractivity contribution >= 4 is 0 Å². The van der Waals surface area contributed by atoms with E-state index in [1.165, 1.54) is 32.1 Å². The predicted molar refractivity (Wildman–Crippen MR) is 45.9 cm³/mol. The average Bonchev–Trinajstić information content (AvgIpc) is 2.02. The van der Waals surface area contributed by atoms with E-state index >= 15 is 0 Å². The minimum Gasteiger partial charge on any atom is -0.193 e. The number of rotatable bonds is 0. The number of hydrogen-bond donors (Lipinski definition) is 0. The maximum absolute atomic E-state index is 9.15. The molecule has 0 spiro atoms. The molecular weight excluding hydrogens is 146 g/mol. The lowest BCUT2D eigenvalue weighted by Gasteiger charge is -2.47. The molecule has 1 heteroatoms. The summed E-state index contributed by atoms with van der Waals surface area (Å²) in [5.74, 6) is 2.59. The van der Waals surface area contributed by atoms with Gasteiger partial charge in [-0.2, -0.15) is 5.26 Å². The van der Waals surface area contributed by atoms with Gasteiger partial charge in [0.25, 0.3) is 0 Å². The lowest BCUT2D eigenvalue weighted by atomic mass is 9.50. The quantitative estimate of drug-likeness (QED) is 0.499. The lowest BCUT2D eigenvalue weighted by molar-refractivity contribution is 0.0290. The average molecular weight is 160 g/mol. The molecule has 4 aliphatic carbocycles. The molecule has 0 heterocycles. The number of nitriles is 1. The molecule has 4 rings (SSSR count). The largest absolute Gasteiger partial charge is 0.193 e. The first-order chi connectivity index (χ1) is 5.80. The van der Waals surface area contributed by atoms with Crippen LogP contribution < -0.4 is 0 Å². The maximum atomic E-state index is 9.15.